The number of carbonyl (C=O) groups excluding carboxylic acids is 1. The Hall–Kier alpha value is -4.00. The van der Waals surface area contributed by atoms with Crippen LogP contribution in [0.1, 0.15) is 15.9 Å². The number of aromatic amines is 1. The number of hydrogen-bond acceptors (Lipinski definition) is 6. The third-order valence-electron chi connectivity index (χ3n) is 4.49. The number of hydrogen-bond donors (Lipinski definition) is 3. The van der Waals surface area contributed by atoms with Crippen molar-refractivity contribution in [1.82, 2.24) is 15.0 Å². The molecule has 32 heavy (non-hydrogen) atoms. The molecular formula is C19H11F4N5O3S. The van der Waals surface area contributed by atoms with E-state index in [0.717, 1.165) is 12.5 Å². The van der Waals surface area contributed by atoms with Gasteiger partial charge in [-0.05, 0) is 30.3 Å². The molecule has 0 atom stereocenters. The van der Waals surface area contributed by atoms with Crippen molar-refractivity contribution in [2.24, 2.45) is 0 Å². The first-order chi connectivity index (χ1) is 15.1. The molecule has 0 radical (unpaired) electrons. The van der Waals surface area contributed by atoms with Gasteiger partial charge in [0.05, 0.1) is 22.2 Å². The number of benzene rings is 2. The molecule has 8 nitrogen and oxygen atoms in total. The average molecular weight is 465 g/mol. The lowest BCUT2D eigenvalue weighted by molar-refractivity contribution is 0.103. The molecule has 4 rings (SSSR count). The van der Waals surface area contributed by atoms with E-state index in [4.69, 9.17) is 5.73 Å². The van der Waals surface area contributed by atoms with Crippen LogP contribution in [0.3, 0.4) is 0 Å². The molecule has 2 heterocycles. The summed E-state index contributed by atoms with van der Waals surface area (Å²) < 4.78 is 83.4. The normalized spacial score (nSPS) is 11.6. The number of nitrogens with one attached hydrogen (secondary N) is 2. The highest BCUT2D eigenvalue weighted by molar-refractivity contribution is 7.92. The second-order valence-corrected chi connectivity index (χ2v) is 8.13. The Morgan fingerprint density at radius 3 is 2.50 bits per heavy atom. The quantitative estimate of drug-likeness (QED) is 0.307. The molecule has 0 spiro atoms. The number of anilines is 2. The molecular weight excluding hydrogens is 454 g/mol. The van der Waals surface area contributed by atoms with Gasteiger partial charge in [-0.3, -0.25) is 9.52 Å². The molecule has 4 N–H and O–H groups in total. The minimum absolute atomic E-state index is 0.0177. The van der Waals surface area contributed by atoms with Crippen LogP contribution < -0.4 is 10.5 Å². The second-order valence-electron chi connectivity index (χ2n) is 6.48. The number of nitrogen functional groups attached to an aromatic ring is 1. The summed E-state index contributed by atoms with van der Waals surface area (Å²) in [6.07, 6.45) is 2.24. The summed E-state index contributed by atoms with van der Waals surface area (Å²) in [5.74, 6) is -6.52. The zero-order chi connectivity index (χ0) is 23.2. The number of nitrogens with two attached hydrogens (primary N) is 1. The van der Waals surface area contributed by atoms with E-state index in [0.29, 0.717) is 30.3 Å². The fourth-order valence-electron chi connectivity index (χ4n) is 3.02. The number of aromatic nitrogens is 3. The molecule has 13 heteroatoms. The van der Waals surface area contributed by atoms with Gasteiger partial charge in [0, 0.05) is 6.20 Å². The monoisotopic (exact) mass is 465 g/mol. The first kappa shape index (κ1) is 21.2. The first-order valence-electron chi connectivity index (χ1n) is 8.68. The number of sulfonamides is 1. The van der Waals surface area contributed by atoms with E-state index in [-0.39, 0.29) is 22.4 Å². The number of carbonyl (C=O) groups is 1. The van der Waals surface area contributed by atoms with Gasteiger partial charge in [-0.15, -0.1) is 0 Å². The Balaban J connectivity index is 1.80. The van der Waals surface area contributed by atoms with E-state index in [1.807, 2.05) is 0 Å². The molecule has 0 aliphatic heterocycles. The van der Waals surface area contributed by atoms with E-state index < -0.39 is 55.2 Å². The molecule has 0 fully saturated rings. The third kappa shape index (κ3) is 3.51. The molecule has 164 valence electrons. The smallest absolute Gasteiger partial charge is 0.265 e. The minimum Gasteiger partial charge on any atom is -0.383 e. The molecule has 2 aromatic carbocycles. The van der Waals surface area contributed by atoms with Crippen LogP contribution >= 0.6 is 0 Å². The lowest BCUT2D eigenvalue weighted by atomic mass is 10.0. The van der Waals surface area contributed by atoms with Crippen molar-refractivity contribution in [3.05, 3.63) is 77.3 Å². The number of H-pyrrole nitrogens is 1. The predicted octanol–water partition coefficient (Wildman–Crippen LogP) is 3.13. The summed E-state index contributed by atoms with van der Waals surface area (Å²) >= 11 is 0. The van der Waals surface area contributed by atoms with Crippen LogP contribution in [-0.4, -0.2) is 29.2 Å². The lowest BCUT2D eigenvalue weighted by Crippen LogP contribution is -2.18. The summed E-state index contributed by atoms with van der Waals surface area (Å²) in [4.78, 5) is 22.0. The zero-order valence-electron chi connectivity index (χ0n) is 15.7. The first-order valence-corrected chi connectivity index (χ1v) is 10.2. The van der Waals surface area contributed by atoms with Gasteiger partial charge in [-0.25, -0.2) is 35.9 Å². The molecule has 0 aliphatic carbocycles. The summed E-state index contributed by atoms with van der Waals surface area (Å²) in [6, 6.07) is 3.00. The largest absolute Gasteiger partial charge is 0.383 e. The number of fused-ring (bicyclic) bond motifs is 1. The molecule has 0 saturated heterocycles. The zero-order valence-corrected chi connectivity index (χ0v) is 16.5. The topological polar surface area (TPSA) is 131 Å². The highest BCUT2D eigenvalue weighted by Gasteiger charge is 2.28. The fourth-order valence-corrected chi connectivity index (χ4v) is 4.17. The van der Waals surface area contributed by atoms with E-state index in [1.165, 1.54) is 0 Å². The Morgan fingerprint density at radius 1 is 1.03 bits per heavy atom. The van der Waals surface area contributed by atoms with Crippen molar-refractivity contribution in [1.29, 1.82) is 0 Å². The van der Waals surface area contributed by atoms with E-state index in [1.54, 1.807) is 4.72 Å². The number of ketones is 1. The van der Waals surface area contributed by atoms with Crippen LogP contribution in [0.2, 0.25) is 0 Å². The molecule has 2 aromatic heterocycles. The van der Waals surface area contributed by atoms with Gasteiger partial charge < -0.3 is 10.7 Å². The van der Waals surface area contributed by atoms with E-state index >= 15 is 4.39 Å². The van der Waals surface area contributed by atoms with Crippen LogP contribution in [0, 0.1) is 23.3 Å². The number of rotatable bonds is 5. The van der Waals surface area contributed by atoms with Crippen LogP contribution in [0.25, 0.3) is 11.0 Å². The standard InChI is InChI=1S/C19H11F4N5O3S/c20-8-1-2-10(21)13(5-8)32(30,31)28-12-4-3-11(22)15(16(12)23)17(29)9-6-25-19-14(9)18(24)26-7-27-19/h1-7,28H,(H3,24,25,26,27). The fraction of sp³-hybridized carbons (Fsp3) is 0. The van der Waals surface area contributed by atoms with Crippen LogP contribution in [0.15, 0.2) is 47.8 Å². The van der Waals surface area contributed by atoms with Crippen LogP contribution in [0.5, 0.6) is 0 Å². The summed E-state index contributed by atoms with van der Waals surface area (Å²) in [6.45, 7) is 0. The Labute approximate surface area is 177 Å². The predicted molar refractivity (Wildman–Crippen MR) is 105 cm³/mol. The summed E-state index contributed by atoms with van der Waals surface area (Å²) in [7, 11) is -4.82. The maximum atomic E-state index is 15.1. The van der Waals surface area contributed by atoms with Crippen molar-refractivity contribution in [2.45, 2.75) is 4.90 Å². The number of halogens is 4. The van der Waals surface area contributed by atoms with Gasteiger partial charge in [0.1, 0.15) is 40.1 Å². The van der Waals surface area contributed by atoms with Crippen molar-refractivity contribution in [2.75, 3.05) is 10.5 Å². The van der Waals surface area contributed by atoms with Crippen LogP contribution in [0.4, 0.5) is 29.1 Å². The summed E-state index contributed by atoms with van der Waals surface area (Å²) in [5.41, 5.74) is 3.65. The van der Waals surface area contributed by atoms with Gasteiger partial charge in [-0.2, -0.15) is 0 Å². The Morgan fingerprint density at radius 2 is 1.75 bits per heavy atom. The highest BCUT2D eigenvalue weighted by Crippen LogP contribution is 2.29. The van der Waals surface area contributed by atoms with Gasteiger partial charge in [-0.1, -0.05) is 0 Å². The Kier molecular flexibility index (Phi) is 5.05. The van der Waals surface area contributed by atoms with Gasteiger partial charge in [0.25, 0.3) is 10.0 Å². The average Bonchev–Trinajstić information content (AvgIpc) is 3.17. The number of nitrogens with zero attached hydrogens (tertiary/aromatic N) is 2. The van der Waals surface area contributed by atoms with E-state index in [9.17, 15) is 26.4 Å². The molecule has 0 amide bonds. The molecule has 0 bridgehead atoms. The highest BCUT2D eigenvalue weighted by atomic mass is 32.2. The molecule has 4 aromatic rings. The van der Waals surface area contributed by atoms with Gasteiger partial charge in [0.2, 0.25) is 5.78 Å². The maximum absolute atomic E-state index is 15.1. The molecule has 0 saturated carbocycles. The lowest BCUT2D eigenvalue weighted by Gasteiger charge is -2.12. The third-order valence-corrected chi connectivity index (χ3v) is 5.87. The minimum atomic E-state index is -4.82. The summed E-state index contributed by atoms with van der Waals surface area (Å²) in [5, 5.41) is 0.0177. The molecule has 0 unspecified atom stereocenters. The second kappa shape index (κ2) is 7.60. The van der Waals surface area contributed by atoms with Crippen molar-refractivity contribution < 1.29 is 30.8 Å². The van der Waals surface area contributed by atoms with Crippen molar-refractivity contribution >= 4 is 38.3 Å². The maximum Gasteiger partial charge on any atom is 0.265 e. The molecule has 0 aliphatic rings. The van der Waals surface area contributed by atoms with Gasteiger partial charge in [0.15, 0.2) is 5.82 Å². The SMILES string of the molecule is Nc1ncnc2[nH]cc(C(=O)c3c(F)ccc(NS(=O)(=O)c4cc(F)ccc4F)c3F)c12. The van der Waals surface area contributed by atoms with Crippen LogP contribution in [-0.2, 0) is 10.0 Å². The van der Waals surface area contributed by atoms with E-state index in [2.05, 4.69) is 15.0 Å². The van der Waals surface area contributed by atoms with Gasteiger partial charge >= 0.3 is 0 Å². The van der Waals surface area contributed by atoms with Crippen molar-refractivity contribution in [3.8, 4) is 0 Å². The Bertz CT molecular complexity index is 1500. The van der Waals surface area contributed by atoms with Crippen molar-refractivity contribution in [3.63, 3.8) is 0 Å².